The average Bonchev–Trinajstić information content (AvgIpc) is 2.63. The predicted molar refractivity (Wildman–Crippen MR) is 121 cm³/mol. The van der Waals surface area contributed by atoms with E-state index in [4.69, 9.17) is 9.47 Å². The zero-order chi connectivity index (χ0) is 21.1. The molecule has 1 unspecified atom stereocenters. The third kappa shape index (κ3) is 17.9. The summed E-state index contributed by atoms with van der Waals surface area (Å²) in [5.74, 6) is 0. The van der Waals surface area contributed by atoms with Gasteiger partial charge in [0.25, 0.3) is 0 Å². The lowest BCUT2D eigenvalue weighted by atomic mass is 9.90. The maximum absolute atomic E-state index is 11.6. The van der Waals surface area contributed by atoms with Crippen LogP contribution >= 0.6 is 0 Å². The zero-order valence-electron chi connectivity index (χ0n) is 19.0. The highest BCUT2D eigenvalue weighted by Crippen LogP contribution is 2.22. The van der Waals surface area contributed by atoms with E-state index in [0.717, 1.165) is 32.1 Å². The van der Waals surface area contributed by atoms with Gasteiger partial charge in [-0.15, -0.1) is 0 Å². The average molecular weight is 393 g/mol. The quantitative estimate of drug-likeness (QED) is 0.160. The summed E-state index contributed by atoms with van der Waals surface area (Å²) in [5.41, 5.74) is -0.0588. The molecule has 0 bridgehead atoms. The molecule has 28 heavy (non-hydrogen) atoms. The van der Waals surface area contributed by atoms with E-state index in [9.17, 15) is 4.79 Å². The van der Waals surface area contributed by atoms with Crippen molar-refractivity contribution >= 4 is 6.16 Å². The molecule has 0 fully saturated rings. The molecule has 0 aromatic heterocycles. The van der Waals surface area contributed by atoms with E-state index in [2.05, 4.69) is 43.4 Å². The van der Waals surface area contributed by atoms with Crippen LogP contribution in [0.15, 0.2) is 36.5 Å². The van der Waals surface area contributed by atoms with Gasteiger partial charge in [0.1, 0.15) is 6.10 Å². The molecule has 0 spiro atoms. The van der Waals surface area contributed by atoms with E-state index >= 15 is 0 Å². The Kier molecular flexibility index (Phi) is 16.6. The van der Waals surface area contributed by atoms with Gasteiger partial charge < -0.3 is 9.47 Å². The van der Waals surface area contributed by atoms with Crippen molar-refractivity contribution in [1.82, 2.24) is 0 Å². The Hall–Kier alpha value is -1.51. The summed E-state index contributed by atoms with van der Waals surface area (Å²) in [6.45, 7) is 10.7. The van der Waals surface area contributed by atoms with Crippen LogP contribution in [-0.2, 0) is 9.47 Å². The smallest absolute Gasteiger partial charge is 0.434 e. The molecule has 0 saturated carbocycles. The first-order chi connectivity index (χ1) is 13.4. The van der Waals surface area contributed by atoms with Crippen molar-refractivity contribution in [3.05, 3.63) is 36.5 Å². The second kappa shape index (κ2) is 17.6. The van der Waals surface area contributed by atoms with Crippen LogP contribution < -0.4 is 0 Å². The molecular formula is C25H44O3. The van der Waals surface area contributed by atoms with Crippen LogP contribution in [0.3, 0.4) is 0 Å². The van der Waals surface area contributed by atoms with Crippen molar-refractivity contribution in [2.75, 3.05) is 6.61 Å². The lowest BCUT2D eigenvalue weighted by molar-refractivity contribution is -0.00897. The number of rotatable bonds is 15. The molecule has 0 N–H and O–H groups in total. The minimum absolute atomic E-state index is 0.0588. The van der Waals surface area contributed by atoms with Gasteiger partial charge in [-0.3, -0.25) is 0 Å². The fourth-order valence-electron chi connectivity index (χ4n) is 2.41. The van der Waals surface area contributed by atoms with Crippen molar-refractivity contribution in [3.8, 4) is 0 Å². The topological polar surface area (TPSA) is 35.5 Å². The van der Waals surface area contributed by atoms with Crippen molar-refractivity contribution in [2.24, 2.45) is 5.41 Å². The van der Waals surface area contributed by atoms with E-state index < -0.39 is 6.16 Å². The summed E-state index contributed by atoms with van der Waals surface area (Å²) >= 11 is 0. The number of hydrogen-bond acceptors (Lipinski definition) is 3. The van der Waals surface area contributed by atoms with Crippen LogP contribution in [0.4, 0.5) is 4.79 Å². The number of ether oxygens (including phenoxy) is 2. The molecule has 162 valence electrons. The molecule has 3 nitrogen and oxygen atoms in total. The summed E-state index contributed by atoms with van der Waals surface area (Å²) in [7, 11) is 0. The molecule has 0 aromatic carbocycles. The van der Waals surface area contributed by atoms with Crippen LogP contribution in [0, 0.1) is 5.41 Å². The van der Waals surface area contributed by atoms with Gasteiger partial charge >= 0.3 is 6.16 Å². The van der Waals surface area contributed by atoms with Crippen LogP contribution in [0.2, 0.25) is 0 Å². The highest BCUT2D eigenvalue weighted by molar-refractivity contribution is 5.60. The van der Waals surface area contributed by atoms with Crippen molar-refractivity contribution < 1.29 is 14.3 Å². The molecule has 1 atom stereocenters. The number of carbonyl (C=O) groups excluding carboxylic acids is 1. The first-order valence-corrected chi connectivity index (χ1v) is 11.2. The maximum Gasteiger partial charge on any atom is 0.508 e. The maximum atomic E-state index is 11.6. The molecular weight excluding hydrogens is 348 g/mol. The molecule has 0 amide bonds. The largest absolute Gasteiger partial charge is 0.508 e. The van der Waals surface area contributed by atoms with Crippen LogP contribution in [-0.4, -0.2) is 18.9 Å². The molecule has 0 heterocycles. The van der Waals surface area contributed by atoms with Gasteiger partial charge in [-0.05, 0) is 50.9 Å². The van der Waals surface area contributed by atoms with Gasteiger partial charge in [0, 0.05) is 0 Å². The van der Waals surface area contributed by atoms with Gasteiger partial charge in [-0.25, -0.2) is 4.79 Å². The Bertz CT molecular complexity index is 455. The highest BCUT2D eigenvalue weighted by atomic mass is 16.7. The summed E-state index contributed by atoms with van der Waals surface area (Å²) in [5, 5.41) is 0. The standard InChI is InChI=1S/C25H44O3/c1-6-7-8-9-10-11-12-13-14-15-16-17-18-19-20-21-22-27-24(26)28-23(2)25(3,4)5/h7-8,10-11,13-14,23H,6,9,12,15-22H2,1-5H3/b8-7-,11-10-,14-13-. The summed E-state index contributed by atoms with van der Waals surface area (Å²) in [6.07, 6.45) is 24.1. The van der Waals surface area contributed by atoms with Gasteiger partial charge in [0.15, 0.2) is 0 Å². The van der Waals surface area contributed by atoms with Crippen molar-refractivity contribution in [3.63, 3.8) is 0 Å². The normalized spacial score (nSPS) is 13.6. The Morgan fingerprint density at radius 3 is 1.96 bits per heavy atom. The third-order valence-corrected chi connectivity index (χ3v) is 4.76. The SMILES string of the molecule is CC/C=C\C/C=C\C/C=C\CCCCCCCCOC(=O)OC(C)C(C)(C)C. The van der Waals surface area contributed by atoms with Gasteiger partial charge in [-0.2, -0.15) is 0 Å². The summed E-state index contributed by atoms with van der Waals surface area (Å²) in [6, 6.07) is 0. The Morgan fingerprint density at radius 1 is 0.821 bits per heavy atom. The molecule has 3 heteroatoms. The molecule has 0 aliphatic heterocycles. The van der Waals surface area contributed by atoms with Gasteiger partial charge in [0.2, 0.25) is 0 Å². The fourth-order valence-corrected chi connectivity index (χ4v) is 2.41. The monoisotopic (exact) mass is 392 g/mol. The van der Waals surface area contributed by atoms with Crippen molar-refractivity contribution in [1.29, 1.82) is 0 Å². The fraction of sp³-hybridized carbons (Fsp3) is 0.720. The number of carbonyl (C=O) groups is 1. The second-order valence-electron chi connectivity index (χ2n) is 8.43. The lowest BCUT2D eigenvalue weighted by Crippen LogP contribution is -2.29. The van der Waals surface area contributed by atoms with Crippen molar-refractivity contribution in [2.45, 2.75) is 105 Å². The van der Waals surface area contributed by atoms with Gasteiger partial charge in [-0.1, -0.05) is 89.8 Å². The Morgan fingerprint density at radius 2 is 1.36 bits per heavy atom. The number of unbranched alkanes of at least 4 members (excludes halogenated alkanes) is 6. The highest BCUT2D eigenvalue weighted by Gasteiger charge is 2.24. The van der Waals surface area contributed by atoms with Crippen LogP contribution in [0.5, 0.6) is 0 Å². The summed E-state index contributed by atoms with van der Waals surface area (Å²) < 4.78 is 10.4. The lowest BCUT2D eigenvalue weighted by Gasteiger charge is -2.26. The van der Waals surface area contributed by atoms with E-state index in [1.807, 2.05) is 27.7 Å². The number of allylic oxidation sites excluding steroid dienone is 6. The van der Waals surface area contributed by atoms with Crippen LogP contribution in [0.25, 0.3) is 0 Å². The Balaban J connectivity index is 3.41. The summed E-state index contributed by atoms with van der Waals surface area (Å²) in [4.78, 5) is 11.6. The van der Waals surface area contributed by atoms with E-state index in [-0.39, 0.29) is 11.5 Å². The molecule has 0 rings (SSSR count). The molecule has 0 radical (unpaired) electrons. The molecule has 0 saturated heterocycles. The molecule has 0 aromatic rings. The first-order valence-electron chi connectivity index (χ1n) is 11.2. The zero-order valence-corrected chi connectivity index (χ0v) is 19.0. The number of hydrogen-bond donors (Lipinski definition) is 0. The van der Waals surface area contributed by atoms with E-state index in [0.29, 0.717) is 6.61 Å². The first kappa shape index (κ1) is 26.5. The minimum atomic E-state index is -0.540. The minimum Gasteiger partial charge on any atom is -0.434 e. The Labute approximate surface area is 174 Å². The molecule has 0 aliphatic rings. The van der Waals surface area contributed by atoms with Gasteiger partial charge in [0.05, 0.1) is 6.61 Å². The van der Waals surface area contributed by atoms with E-state index in [1.54, 1.807) is 0 Å². The predicted octanol–water partition coefficient (Wildman–Crippen LogP) is 8.16. The molecule has 0 aliphatic carbocycles. The second-order valence-corrected chi connectivity index (χ2v) is 8.43. The van der Waals surface area contributed by atoms with Crippen LogP contribution in [0.1, 0.15) is 98.8 Å². The third-order valence-electron chi connectivity index (χ3n) is 4.76. The van der Waals surface area contributed by atoms with E-state index in [1.165, 1.54) is 32.1 Å².